The Morgan fingerprint density at radius 1 is 1.09 bits per heavy atom. The van der Waals surface area contributed by atoms with E-state index in [-0.39, 0.29) is 5.56 Å². The fourth-order valence-corrected chi connectivity index (χ4v) is 4.30. The lowest BCUT2D eigenvalue weighted by molar-refractivity contribution is -0.136. The van der Waals surface area contributed by atoms with Crippen molar-refractivity contribution in [3.05, 3.63) is 87.3 Å². The maximum atomic E-state index is 13.1. The molecule has 1 atom stereocenters. The van der Waals surface area contributed by atoms with E-state index in [2.05, 4.69) is 15.3 Å². The van der Waals surface area contributed by atoms with Crippen molar-refractivity contribution < 1.29 is 14.3 Å². The van der Waals surface area contributed by atoms with Gasteiger partial charge in [0.05, 0.1) is 24.2 Å². The molecule has 1 aliphatic heterocycles. The summed E-state index contributed by atoms with van der Waals surface area (Å²) in [6.45, 7) is 3.77. The van der Waals surface area contributed by atoms with E-state index in [0.29, 0.717) is 33.6 Å². The molecule has 0 saturated heterocycles. The van der Waals surface area contributed by atoms with Crippen LogP contribution in [0.4, 0.5) is 5.82 Å². The second-order valence-electron chi connectivity index (χ2n) is 7.14. The molecule has 3 aromatic rings. The van der Waals surface area contributed by atoms with Crippen LogP contribution in [0.25, 0.3) is 0 Å². The molecule has 0 amide bonds. The average molecular weight is 450 g/mol. The summed E-state index contributed by atoms with van der Waals surface area (Å²) in [5, 5.41) is 3.65. The molecule has 1 aromatic heterocycles. The molecule has 1 unspecified atom stereocenters. The van der Waals surface area contributed by atoms with E-state index in [9.17, 15) is 9.59 Å². The van der Waals surface area contributed by atoms with Gasteiger partial charge in [-0.25, -0.2) is 9.78 Å². The number of esters is 1. The molecule has 0 radical (unpaired) electrons. The molecular formula is C24H23N3O4S. The van der Waals surface area contributed by atoms with E-state index in [1.165, 1.54) is 18.9 Å². The second kappa shape index (κ2) is 9.32. The standard InChI is InChI=1S/C24H23N3O4S/c1-4-32-24-26-21-20(22(28)27-24)19(18(14(2)25-21)23(29)30-3)15-10-12-17(13-11-15)31-16-8-6-5-7-9-16/h5-13,19H,4H2,1-3H3,(H2,25,26,27,28). The van der Waals surface area contributed by atoms with Crippen molar-refractivity contribution in [1.82, 2.24) is 9.97 Å². The molecule has 4 rings (SSSR count). The van der Waals surface area contributed by atoms with Crippen molar-refractivity contribution in [3.8, 4) is 11.5 Å². The predicted octanol–water partition coefficient (Wildman–Crippen LogP) is 4.68. The van der Waals surface area contributed by atoms with Crippen molar-refractivity contribution in [3.63, 3.8) is 0 Å². The normalized spacial score (nSPS) is 15.0. The van der Waals surface area contributed by atoms with E-state index < -0.39 is 11.9 Å². The van der Waals surface area contributed by atoms with Crippen molar-refractivity contribution in [2.24, 2.45) is 0 Å². The summed E-state index contributed by atoms with van der Waals surface area (Å²) in [5.74, 6) is 1.47. The molecule has 2 aromatic carbocycles. The summed E-state index contributed by atoms with van der Waals surface area (Å²) < 4.78 is 10.9. The van der Waals surface area contributed by atoms with Crippen LogP contribution in [0.15, 0.2) is 75.8 Å². The van der Waals surface area contributed by atoms with Gasteiger partial charge in [-0.3, -0.25) is 4.79 Å². The van der Waals surface area contributed by atoms with Gasteiger partial charge in [-0.1, -0.05) is 49.0 Å². The van der Waals surface area contributed by atoms with Crippen LogP contribution >= 0.6 is 11.8 Å². The number of nitrogens with zero attached hydrogens (tertiary/aromatic N) is 1. The zero-order valence-corrected chi connectivity index (χ0v) is 18.8. The lowest BCUT2D eigenvalue weighted by atomic mass is 9.82. The van der Waals surface area contributed by atoms with Gasteiger partial charge < -0.3 is 19.8 Å². The number of fused-ring (bicyclic) bond motifs is 1. The van der Waals surface area contributed by atoms with Crippen LogP contribution in [0.5, 0.6) is 11.5 Å². The summed E-state index contributed by atoms with van der Waals surface area (Å²) in [7, 11) is 1.33. The summed E-state index contributed by atoms with van der Waals surface area (Å²) >= 11 is 1.44. The van der Waals surface area contributed by atoms with Crippen LogP contribution in [0.3, 0.4) is 0 Å². The highest BCUT2D eigenvalue weighted by Crippen LogP contribution is 2.40. The van der Waals surface area contributed by atoms with Crippen molar-refractivity contribution in [2.75, 3.05) is 18.2 Å². The Balaban J connectivity index is 1.78. The number of ether oxygens (including phenoxy) is 2. The van der Waals surface area contributed by atoms with E-state index in [1.54, 1.807) is 6.92 Å². The number of nitrogens with one attached hydrogen (secondary N) is 2. The number of benzene rings is 2. The Labute approximate surface area is 189 Å². The van der Waals surface area contributed by atoms with Gasteiger partial charge in [-0.15, -0.1) is 0 Å². The van der Waals surface area contributed by atoms with Gasteiger partial charge in [-0.2, -0.15) is 0 Å². The highest BCUT2D eigenvalue weighted by atomic mass is 32.2. The first kappa shape index (κ1) is 21.7. The quantitative estimate of drug-likeness (QED) is 0.321. The van der Waals surface area contributed by atoms with Gasteiger partial charge in [0.25, 0.3) is 5.56 Å². The highest BCUT2D eigenvalue weighted by molar-refractivity contribution is 7.99. The highest BCUT2D eigenvalue weighted by Gasteiger charge is 2.36. The van der Waals surface area contributed by atoms with Gasteiger partial charge >= 0.3 is 5.97 Å². The van der Waals surface area contributed by atoms with Gasteiger partial charge in [0.2, 0.25) is 0 Å². The monoisotopic (exact) mass is 449 g/mol. The number of thioether (sulfide) groups is 1. The number of H-pyrrole nitrogens is 1. The molecule has 0 fully saturated rings. The Morgan fingerprint density at radius 3 is 2.44 bits per heavy atom. The number of rotatable bonds is 6. The molecule has 2 heterocycles. The summed E-state index contributed by atoms with van der Waals surface area (Å²) in [6.07, 6.45) is 0. The number of allylic oxidation sites excluding steroid dienone is 1. The van der Waals surface area contributed by atoms with E-state index >= 15 is 0 Å². The lowest BCUT2D eigenvalue weighted by Crippen LogP contribution is -2.31. The minimum Gasteiger partial charge on any atom is -0.466 e. The Kier molecular flexibility index (Phi) is 6.32. The van der Waals surface area contributed by atoms with Gasteiger partial charge in [0, 0.05) is 5.70 Å². The molecule has 8 heteroatoms. The number of para-hydroxylation sites is 1. The number of anilines is 1. The number of hydrogen-bond donors (Lipinski definition) is 2. The smallest absolute Gasteiger partial charge is 0.336 e. The van der Waals surface area contributed by atoms with E-state index in [0.717, 1.165) is 17.1 Å². The Bertz CT molecular complexity index is 1220. The first-order valence-corrected chi connectivity index (χ1v) is 11.2. The third-order valence-corrected chi connectivity index (χ3v) is 5.85. The van der Waals surface area contributed by atoms with Crippen molar-refractivity contribution in [2.45, 2.75) is 24.9 Å². The third-order valence-electron chi connectivity index (χ3n) is 5.10. The molecule has 1 aliphatic rings. The first-order chi connectivity index (χ1) is 15.5. The van der Waals surface area contributed by atoms with Crippen LogP contribution in [-0.4, -0.2) is 28.8 Å². The van der Waals surface area contributed by atoms with E-state index in [4.69, 9.17) is 9.47 Å². The van der Waals surface area contributed by atoms with Crippen molar-refractivity contribution >= 4 is 23.5 Å². The van der Waals surface area contributed by atoms with Gasteiger partial charge in [-0.05, 0) is 42.5 Å². The SMILES string of the molecule is CCSc1nc2c(c(=O)[nH]1)C(c1ccc(Oc3ccccc3)cc1)C(C(=O)OC)=C(C)N2. The topological polar surface area (TPSA) is 93.3 Å². The van der Waals surface area contributed by atoms with Crippen LogP contribution in [0, 0.1) is 0 Å². The molecule has 164 valence electrons. The molecule has 0 aliphatic carbocycles. The fourth-order valence-electron chi connectivity index (χ4n) is 3.70. The lowest BCUT2D eigenvalue weighted by Gasteiger charge is -2.28. The second-order valence-corrected chi connectivity index (χ2v) is 8.39. The maximum absolute atomic E-state index is 13.1. The number of carbonyl (C=O) groups is 1. The molecule has 2 N–H and O–H groups in total. The van der Waals surface area contributed by atoms with E-state index in [1.807, 2.05) is 61.5 Å². The minimum atomic E-state index is -0.624. The maximum Gasteiger partial charge on any atom is 0.336 e. The number of aromatic amines is 1. The van der Waals surface area contributed by atoms with Gasteiger partial charge in [0.15, 0.2) is 5.16 Å². The Morgan fingerprint density at radius 2 is 1.78 bits per heavy atom. The van der Waals surface area contributed by atoms with Crippen LogP contribution < -0.4 is 15.6 Å². The average Bonchev–Trinajstić information content (AvgIpc) is 2.79. The summed E-state index contributed by atoms with van der Waals surface area (Å²) in [5.41, 5.74) is 1.83. The predicted molar refractivity (Wildman–Crippen MR) is 124 cm³/mol. The number of carbonyl (C=O) groups excluding carboxylic acids is 1. The first-order valence-electron chi connectivity index (χ1n) is 10.2. The largest absolute Gasteiger partial charge is 0.466 e. The number of aromatic nitrogens is 2. The minimum absolute atomic E-state index is 0.290. The third kappa shape index (κ3) is 4.27. The van der Waals surface area contributed by atoms with Crippen LogP contribution in [0.2, 0.25) is 0 Å². The summed E-state index contributed by atoms with van der Waals surface area (Å²) in [4.78, 5) is 33.1. The van der Waals surface area contributed by atoms with Crippen LogP contribution in [0.1, 0.15) is 30.9 Å². The van der Waals surface area contributed by atoms with Crippen LogP contribution in [-0.2, 0) is 9.53 Å². The molecule has 0 spiro atoms. The van der Waals surface area contributed by atoms with Gasteiger partial charge in [0.1, 0.15) is 17.3 Å². The molecular weight excluding hydrogens is 426 g/mol. The number of methoxy groups -OCH3 is 1. The molecule has 32 heavy (non-hydrogen) atoms. The molecule has 7 nitrogen and oxygen atoms in total. The number of hydrogen-bond acceptors (Lipinski definition) is 7. The zero-order valence-electron chi connectivity index (χ0n) is 18.0. The Hall–Kier alpha value is -3.52. The fraction of sp³-hybridized carbons (Fsp3) is 0.208. The molecule has 0 saturated carbocycles. The zero-order chi connectivity index (χ0) is 22.7. The van der Waals surface area contributed by atoms with Crippen molar-refractivity contribution in [1.29, 1.82) is 0 Å². The molecule has 0 bridgehead atoms. The summed E-state index contributed by atoms with van der Waals surface area (Å²) in [6, 6.07) is 16.8.